The van der Waals surface area contributed by atoms with E-state index in [1.807, 2.05) is 6.07 Å². The molecule has 30 heavy (non-hydrogen) atoms. The van der Waals surface area contributed by atoms with E-state index in [2.05, 4.69) is 12.2 Å². The first-order chi connectivity index (χ1) is 14.2. The van der Waals surface area contributed by atoms with Crippen molar-refractivity contribution >= 4 is 23.0 Å². The Morgan fingerprint density at radius 1 is 1.17 bits per heavy atom. The molecule has 0 spiro atoms. The van der Waals surface area contributed by atoms with E-state index in [1.54, 1.807) is 26.8 Å². The summed E-state index contributed by atoms with van der Waals surface area (Å²) in [5, 5.41) is 3.47. The van der Waals surface area contributed by atoms with Crippen molar-refractivity contribution in [2.45, 2.75) is 71.8 Å². The van der Waals surface area contributed by atoms with E-state index in [0.717, 1.165) is 54.2 Å². The Morgan fingerprint density at radius 2 is 1.90 bits per heavy atom. The highest BCUT2D eigenvalue weighted by Gasteiger charge is 2.22. The summed E-state index contributed by atoms with van der Waals surface area (Å²) in [6.07, 6.45) is 3.60. The van der Waals surface area contributed by atoms with Gasteiger partial charge in [0.05, 0.1) is 6.42 Å². The third kappa shape index (κ3) is 5.20. The molecule has 0 atom stereocenters. The van der Waals surface area contributed by atoms with Crippen LogP contribution in [-0.2, 0) is 28.8 Å². The van der Waals surface area contributed by atoms with Gasteiger partial charge in [-0.05, 0) is 63.6 Å². The maximum atomic E-state index is 12.3. The van der Waals surface area contributed by atoms with Gasteiger partial charge in [-0.1, -0.05) is 13.3 Å². The fourth-order valence-corrected chi connectivity index (χ4v) is 3.67. The number of hydrogen-bond acceptors (Lipinski definition) is 6. The summed E-state index contributed by atoms with van der Waals surface area (Å²) >= 11 is 0. The zero-order valence-electron chi connectivity index (χ0n) is 18.1. The van der Waals surface area contributed by atoms with Crippen molar-refractivity contribution < 1.29 is 23.5 Å². The molecule has 1 aliphatic rings. The third-order valence-corrected chi connectivity index (χ3v) is 4.90. The van der Waals surface area contributed by atoms with Gasteiger partial charge in [0.25, 0.3) is 0 Å². The van der Waals surface area contributed by atoms with Gasteiger partial charge in [0.1, 0.15) is 16.9 Å². The number of aryl methyl sites for hydroxylation is 2. The molecule has 0 saturated heterocycles. The van der Waals surface area contributed by atoms with Crippen LogP contribution < -0.4 is 15.7 Å². The summed E-state index contributed by atoms with van der Waals surface area (Å²) in [6.45, 7) is 7.46. The summed E-state index contributed by atoms with van der Waals surface area (Å²) in [7, 11) is 0. The molecule has 162 valence electrons. The van der Waals surface area contributed by atoms with Crippen LogP contribution in [0.3, 0.4) is 0 Å². The second kappa shape index (κ2) is 8.90. The number of carbonyl (C=O) groups is 2. The molecular weight excluding hydrogens is 386 g/mol. The number of ether oxygens (including phenoxy) is 2. The van der Waals surface area contributed by atoms with Crippen molar-refractivity contribution in [1.82, 2.24) is 5.32 Å². The Bertz CT molecular complexity index is 1010. The maximum Gasteiger partial charge on any atom is 0.407 e. The van der Waals surface area contributed by atoms with Gasteiger partial charge >= 0.3 is 17.7 Å². The second-order valence-corrected chi connectivity index (χ2v) is 8.56. The number of hydrogen-bond donors (Lipinski definition) is 1. The van der Waals surface area contributed by atoms with E-state index in [1.165, 1.54) is 0 Å². The van der Waals surface area contributed by atoms with Crippen LogP contribution in [0.15, 0.2) is 21.3 Å². The van der Waals surface area contributed by atoms with Gasteiger partial charge in [-0.15, -0.1) is 0 Å². The fraction of sp³-hybridized carbons (Fsp3) is 0.522. The lowest BCUT2D eigenvalue weighted by atomic mass is 10.0. The van der Waals surface area contributed by atoms with Gasteiger partial charge < -0.3 is 19.2 Å². The molecule has 1 amide bonds. The molecule has 1 aliphatic carbocycles. The normalized spacial score (nSPS) is 13.2. The van der Waals surface area contributed by atoms with Gasteiger partial charge in [0.15, 0.2) is 0 Å². The Labute approximate surface area is 175 Å². The van der Waals surface area contributed by atoms with Crippen LogP contribution in [-0.4, -0.2) is 24.2 Å². The zero-order chi connectivity index (χ0) is 21.9. The zero-order valence-corrected chi connectivity index (χ0v) is 18.1. The van der Waals surface area contributed by atoms with E-state index in [0.29, 0.717) is 11.3 Å². The van der Waals surface area contributed by atoms with Crippen LogP contribution in [0.5, 0.6) is 5.75 Å². The van der Waals surface area contributed by atoms with Crippen LogP contribution in [0.4, 0.5) is 4.79 Å². The van der Waals surface area contributed by atoms with Gasteiger partial charge in [-0.25, -0.2) is 9.59 Å². The van der Waals surface area contributed by atoms with Crippen molar-refractivity contribution in [2.24, 2.45) is 0 Å². The molecule has 0 saturated carbocycles. The van der Waals surface area contributed by atoms with Crippen molar-refractivity contribution in [2.75, 3.05) is 6.54 Å². The van der Waals surface area contributed by atoms with E-state index in [9.17, 15) is 14.4 Å². The van der Waals surface area contributed by atoms with E-state index in [-0.39, 0.29) is 18.6 Å². The van der Waals surface area contributed by atoms with E-state index < -0.39 is 17.7 Å². The molecule has 2 aromatic rings. The molecule has 1 aromatic carbocycles. The summed E-state index contributed by atoms with van der Waals surface area (Å²) in [5.74, 6) is -0.0843. The Balaban J connectivity index is 1.74. The molecule has 7 nitrogen and oxygen atoms in total. The van der Waals surface area contributed by atoms with Crippen LogP contribution in [0, 0.1) is 0 Å². The molecule has 1 aromatic heterocycles. The summed E-state index contributed by atoms with van der Waals surface area (Å²) < 4.78 is 16.2. The van der Waals surface area contributed by atoms with Gasteiger partial charge in [-0.2, -0.15) is 0 Å². The van der Waals surface area contributed by atoms with Crippen molar-refractivity contribution in [3.8, 4) is 5.75 Å². The first kappa shape index (κ1) is 21.9. The van der Waals surface area contributed by atoms with Gasteiger partial charge in [0, 0.05) is 23.6 Å². The first-order valence-corrected chi connectivity index (χ1v) is 10.5. The quantitative estimate of drug-likeness (QED) is 0.434. The molecule has 0 radical (unpaired) electrons. The number of alkyl carbamates (subject to hydrolysis) is 1. The Kier molecular flexibility index (Phi) is 6.48. The third-order valence-electron chi connectivity index (χ3n) is 4.90. The minimum absolute atomic E-state index is 0.00299. The minimum Gasteiger partial charge on any atom is -0.444 e. The first-order valence-electron chi connectivity index (χ1n) is 10.5. The molecule has 1 heterocycles. The van der Waals surface area contributed by atoms with Gasteiger partial charge in [0.2, 0.25) is 0 Å². The highest BCUT2D eigenvalue weighted by atomic mass is 16.6. The van der Waals surface area contributed by atoms with Gasteiger partial charge in [-0.3, -0.25) is 4.79 Å². The minimum atomic E-state index is -0.602. The molecule has 0 bridgehead atoms. The summed E-state index contributed by atoms with van der Waals surface area (Å²) in [4.78, 5) is 36.2. The number of esters is 1. The number of rotatable bonds is 6. The van der Waals surface area contributed by atoms with Crippen LogP contribution in [0.25, 0.3) is 11.0 Å². The summed E-state index contributed by atoms with van der Waals surface area (Å²) in [6, 6.07) is 3.62. The molecule has 0 unspecified atom stereocenters. The lowest BCUT2D eigenvalue weighted by Gasteiger charge is -2.19. The van der Waals surface area contributed by atoms with Crippen molar-refractivity contribution in [3.05, 3.63) is 39.2 Å². The second-order valence-electron chi connectivity index (χ2n) is 8.56. The molecule has 7 heteroatoms. The van der Waals surface area contributed by atoms with E-state index in [4.69, 9.17) is 13.9 Å². The molecular formula is C23H29NO6. The highest BCUT2D eigenvalue weighted by molar-refractivity contribution is 5.85. The average molecular weight is 415 g/mol. The standard InChI is InChI=1S/C23H29NO6/c1-5-7-14-12-17-15-8-6-9-16(15)21(26)29-19(17)13-18(14)28-20(25)10-11-24-22(27)30-23(2,3)4/h12-13H,5-11H2,1-4H3,(H,24,27). The average Bonchev–Trinajstić information content (AvgIpc) is 3.12. The number of benzene rings is 1. The molecule has 1 N–H and O–H groups in total. The SMILES string of the molecule is CCCc1cc2c3c(c(=O)oc2cc1OC(=O)CCNC(=O)OC(C)(C)C)CCC3. The van der Waals surface area contributed by atoms with Crippen LogP contribution in [0.1, 0.15) is 63.6 Å². The topological polar surface area (TPSA) is 94.8 Å². The molecule has 3 rings (SSSR count). The Hall–Kier alpha value is -2.83. The predicted octanol–water partition coefficient (Wildman–Crippen LogP) is 4.05. The molecule has 0 fully saturated rings. The van der Waals surface area contributed by atoms with E-state index >= 15 is 0 Å². The predicted molar refractivity (Wildman–Crippen MR) is 113 cm³/mol. The van der Waals surface area contributed by atoms with Crippen LogP contribution in [0.2, 0.25) is 0 Å². The number of fused-ring (bicyclic) bond motifs is 3. The maximum absolute atomic E-state index is 12.3. The van der Waals surface area contributed by atoms with Crippen molar-refractivity contribution in [3.63, 3.8) is 0 Å². The lowest BCUT2D eigenvalue weighted by molar-refractivity contribution is -0.134. The lowest BCUT2D eigenvalue weighted by Crippen LogP contribution is -2.34. The summed E-state index contributed by atoms with van der Waals surface area (Å²) in [5.41, 5.74) is 2.25. The largest absolute Gasteiger partial charge is 0.444 e. The fourth-order valence-electron chi connectivity index (χ4n) is 3.67. The number of carbonyl (C=O) groups excluding carboxylic acids is 2. The highest BCUT2D eigenvalue weighted by Crippen LogP contribution is 2.33. The number of amides is 1. The number of nitrogens with one attached hydrogen (secondary N) is 1. The monoisotopic (exact) mass is 415 g/mol. The Morgan fingerprint density at radius 3 is 2.60 bits per heavy atom. The van der Waals surface area contributed by atoms with Crippen LogP contribution >= 0.6 is 0 Å². The molecule has 0 aliphatic heterocycles. The van der Waals surface area contributed by atoms with Crippen molar-refractivity contribution in [1.29, 1.82) is 0 Å². The smallest absolute Gasteiger partial charge is 0.407 e.